The van der Waals surface area contributed by atoms with E-state index in [0.717, 1.165) is 24.3 Å². The smallest absolute Gasteiger partial charge is 0.0714 e. The lowest BCUT2D eigenvalue weighted by Crippen LogP contribution is -2.14. The normalized spacial score (nSPS) is 44.0. The van der Waals surface area contributed by atoms with Crippen LogP contribution in [0.1, 0.15) is 12.8 Å². The largest absolute Gasteiger partial charge is 0.282 e. The third kappa shape index (κ3) is 0.972. The van der Waals surface area contributed by atoms with Crippen molar-refractivity contribution in [2.24, 2.45) is 22.7 Å². The molecule has 2 aliphatic carbocycles. The average molecular weight is 179 g/mol. The van der Waals surface area contributed by atoms with Gasteiger partial charge in [0.15, 0.2) is 0 Å². The number of fused-ring (bicyclic) bond motifs is 2. The van der Waals surface area contributed by atoms with Gasteiger partial charge in [0.05, 0.1) is 5.04 Å². The number of nitrogens with zero attached hydrogens (tertiary/aromatic N) is 1. The Labute approximate surface area is 77.3 Å². The van der Waals surface area contributed by atoms with E-state index in [1.54, 1.807) is 0 Å². The molecule has 3 aliphatic rings. The van der Waals surface area contributed by atoms with Crippen LogP contribution in [0.5, 0.6) is 0 Å². The molecule has 3 atom stereocenters. The van der Waals surface area contributed by atoms with Crippen LogP contribution in [-0.4, -0.2) is 17.3 Å². The van der Waals surface area contributed by atoms with Crippen LogP contribution in [0.4, 0.5) is 0 Å². The molecule has 1 nitrogen and oxygen atoms in total. The molecule has 1 fully saturated rings. The quantitative estimate of drug-likeness (QED) is 0.563. The zero-order valence-corrected chi connectivity index (χ0v) is 7.89. The van der Waals surface area contributed by atoms with Gasteiger partial charge in [0.1, 0.15) is 0 Å². The summed E-state index contributed by atoms with van der Waals surface area (Å²) in [7, 11) is 0. The zero-order chi connectivity index (χ0) is 7.97. The molecular weight excluding hydrogens is 166 g/mol. The standard InChI is InChI=1S/C10H13NS/c1-2-8-5-7(1)6-9(8)10-11-3-4-12-10/h1-2,7-9H,3-6H2. The molecule has 0 spiro atoms. The molecule has 3 rings (SSSR count). The van der Waals surface area contributed by atoms with Gasteiger partial charge >= 0.3 is 0 Å². The topological polar surface area (TPSA) is 12.4 Å². The highest BCUT2D eigenvalue weighted by Crippen LogP contribution is 2.46. The second kappa shape index (κ2) is 2.63. The Kier molecular flexibility index (Phi) is 1.57. The van der Waals surface area contributed by atoms with Crippen molar-refractivity contribution in [2.45, 2.75) is 12.8 Å². The van der Waals surface area contributed by atoms with Crippen LogP contribution >= 0.6 is 11.8 Å². The van der Waals surface area contributed by atoms with Crippen LogP contribution in [-0.2, 0) is 0 Å². The Hall–Kier alpha value is -0.240. The van der Waals surface area contributed by atoms with Gasteiger partial charge in [-0.3, -0.25) is 4.99 Å². The number of allylic oxidation sites excluding steroid dienone is 2. The molecule has 0 aromatic carbocycles. The van der Waals surface area contributed by atoms with Crippen LogP contribution in [0.25, 0.3) is 0 Å². The Morgan fingerprint density at radius 3 is 2.92 bits per heavy atom. The minimum absolute atomic E-state index is 0.812. The van der Waals surface area contributed by atoms with Gasteiger partial charge in [-0.2, -0.15) is 0 Å². The maximum atomic E-state index is 4.58. The van der Waals surface area contributed by atoms with Gasteiger partial charge < -0.3 is 0 Å². The fourth-order valence-electron chi connectivity index (χ4n) is 2.64. The van der Waals surface area contributed by atoms with Gasteiger partial charge in [0, 0.05) is 18.2 Å². The van der Waals surface area contributed by atoms with E-state index < -0.39 is 0 Å². The van der Waals surface area contributed by atoms with Gasteiger partial charge in [-0.05, 0) is 24.7 Å². The molecule has 0 aromatic heterocycles. The number of hydrogen-bond donors (Lipinski definition) is 0. The third-order valence-electron chi connectivity index (χ3n) is 3.20. The van der Waals surface area contributed by atoms with Crippen LogP contribution in [0, 0.1) is 17.8 Å². The fourth-order valence-corrected chi connectivity index (χ4v) is 3.70. The number of rotatable bonds is 1. The third-order valence-corrected chi connectivity index (χ3v) is 4.32. The first-order valence-electron chi connectivity index (χ1n) is 4.79. The summed E-state index contributed by atoms with van der Waals surface area (Å²) in [6.45, 7) is 1.07. The first kappa shape index (κ1) is 7.19. The van der Waals surface area contributed by atoms with Crippen LogP contribution in [0.2, 0.25) is 0 Å². The lowest BCUT2D eigenvalue weighted by molar-refractivity contribution is 0.591. The van der Waals surface area contributed by atoms with Crippen molar-refractivity contribution < 1.29 is 0 Å². The predicted octanol–water partition coefficient (Wildman–Crippen LogP) is 2.34. The van der Waals surface area contributed by atoms with E-state index in [1.807, 2.05) is 11.8 Å². The zero-order valence-electron chi connectivity index (χ0n) is 7.07. The highest BCUT2D eigenvalue weighted by molar-refractivity contribution is 8.14. The van der Waals surface area contributed by atoms with Crippen molar-refractivity contribution in [2.75, 3.05) is 12.3 Å². The van der Waals surface area contributed by atoms with E-state index in [9.17, 15) is 0 Å². The molecule has 0 aromatic rings. The van der Waals surface area contributed by atoms with Crippen LogP contribution in [0.3, 0.4) is 0 Å². The molecule has 3 unspecified atom stereocenters. The van der Waals surface area contributed by atoms with E-state index in [2.05, 4.69) is 17.1 Å². The second-order valence-corrected chi connectivity index (χ2v) is 5.07. The van der Waals surface area contributed by atoms with Crippen molar-refractivity contribution in [3.05, 3.63) is 12.2 Å². The fraction of sp³-hybridized carbons (Fsp3) is 0.700. The Morgan fingerprint density at radius 2 is 2.33 bits per heavy atom. The van der Waals surface area contributed by atoms with Crippen molar-refractivity contribution >= 4 is 16.8 Å². The molecule has 1 heterocycles. The highest BCUT2D eigenvalue weighted by atomic mass is 32.2. The van der Waals surface area contributed by atoms with Crippen LogP contribution in [0.15, 0.2) is 17.1 Å². The minimum Gasteiger partial charge on any atom is -0.282 e. The average Bonchev–Trinajstić information content (AvgIpc) is 2.81. The maximum Gasteiger partial charge on any atom is 0.0714 e. The molecular formula is C10H13NS. The van der Waals surface area contributed by atoms with Gasteiger partial charge in [-0.1, -0.05) is 12.2 Å². The molecule has 2 heteroatoms. The summed E-state index contributed by atoms with van der Waals surface area (Å²) < 4.78 is 0. The van der Waals surface area contributed by atoms with Crippen molar-refractivity contribution in [1.82, 2.24) is 0 Å². The van der Waals surface area contributed by atoms with Gasteiger partial charge in [-0.15, -0.1) is 11.8 Å². The molecule has 12 heavy (non-hydrogen) atoms. The summed E-state index contributed by atoms with van der Waals surface area (Å²) in [5.41, 5.74) is 0. The molecule has 0 N–H and O–H groups in total. The SMILES string of the molecule is C1=CC2CC1CC2C1=NCCS1. The van der Waals surface area contributed by atoms with E-state index in [-0.39, 0.29) is 0 Å². The first-order valence-corrected chi connectivity index (χ1v) is 5.77. The number of aliphatic imine (C=N–C) groups is 1. The van der Waals surface area contributed by atoms with Gasteiger partial charge in [0.25, 0.3) is 0 Å². The van der Waals surface area contributed by atoms with E-state index in [1.165, 1.54) is 23.6 Å². The number of thioether (sulfide) groups is 1. The molecule has 64 valence electrons. The minimum atomic E-state index is 0.812. The highest BCUT2D eigenvalue weighted by Gasteiger charge is 2.38. The van der Waals surface area contributed by atoms with Gasteiger partial charge in [-0.25, -0.2) is 0 Å². The maximum absolute atomic E-state index is 4.58. The summed E-state index contributed by atoms with van der Waals surface area (Å²) in [5, 5.41) is 1.46. The molecule has 0 saturated heterocycles. The Bertz CT molecular complexity index is 257. The second-order valence-electron chi connectivity index (χ2n) is 3.96. The van der Waals surface area contributed by atoms with Gasteiger partial charge in [0.2, 0.25) is 0 Å². The summed E-state index contributed by atoms with van der Waals surface area (Å²) >= 11 is 2.00. The lowest BCUT2D eigenvalue weighted by atomic mass is 9.95. The van der Waals surface area contributed by atoms with Crippen LogP contribution < -0.4 is 0 Å². The van der Waals surface area contributed by atoms with Crippen molar-refractivity contribution in [3.63, 3.8) is 0 Å². The van der Waals surface area contributed by atoms with E-state index >= 15 is 0 Å². The Morgan fingerprint density at radius 1 is 1.33 bits per heavy atom. The Balaban J connectivity index is 1.82. The predicted molar refractivity (Wildman–Crippen MR) is 53.6 cm³/mol. The summed E-state index contributed by atoms with van der Waals surface area (Å²) in [5.74, 6) is 3.78. The molecule has 1 saturated carbocycles. The first-order chi connectivity index (χ1) is 5.93. The van der Waals surface area contributed by atoms with Crippen molar-refractivity contribution in [1.29, 1.82) is 0 Å². The lowest BCUT2D eigenvalue weighted by Gasteiger charge is -2.16. The molecule has 1 aliphatic heterocycles. The van der Waals surface area contributed by atoms with E-state index in [0.29, 0.717) is 0 Å². The van der Waals surface area contributed by atoms with E-state index in [4.69, 9.17) is 0 Å². The summed E-state index contributed by atoms with van der Waals surface area (Å²) in [6.07, 6.45) is 7.61. The molecule has 0 amide bonds. The molecule has 0 radical (unpaired) electrons. The molecule has 2 bridgehead atoms. The monoisotopic (exact) mass is 179 g/mol. The number of hydrogen-bond acceptors (Lipinski definition) is 2. The summed E-state index contributed by atoms with van der Waals surface area (Å²) in [6, 6.07) is 0. The van der Waals surface area contributed by atoms with Crippen molar-refractivity contribution in [3.8, 4) is 0 Å². The summed E-state index contributed by atoms with van der Waals surface area (Å²) in [4.78, 5) is 4.58.